The molecule has 1 atom stereocenters. The molecule has 1 heterocycles. The molecule has 3 nitrogen and oxygen atoms in total. The van der Waals surface area contributed by atoms with Gasteiger partial charge in [0.15, 0.2) is 0 Å². The SMILES string of the molecule is CC1(C)CC(=O)N(CC(Cl)CCCl)C(=O)C1. The Labute approximate surface area is 106 Å². The molecule has 1 saturated heterocycles. The average molecular weight is 266 g/mol. The number of carbonyl (C=O) groups is 2. The number of piperidine rings is 1. The van der Waals surface area contributed by atoms with E-state index in [1.807, 2.05) is 13.8 Å². The van der Waals surface area contributed by atoms with Gasteiger partial charge in [-0.3, -0.25) is 14.5 Å². The summed E-state index contributed by atoms with van der Waals surface area (Å²) in [4.78, 5) is 24.8. The lowest BCUT2D eigenvalue weighted by Gasteiger charge is -2.35. The molecular weight excluding hydrogens is 249 g/mol. The Morgan fingerprint density at radius 3 is 2.25 bits per heavy atom. The maximum Gasteiger partial charge on any atom is 0.229 e. The van der Waals surface area contributed by atoms with Crippen LogP contribution in [0.5, 0.6) is 0 Å². The second-order valence-electron chi connectivity index (χ2n) is 4.99. The van der Waals surface area contributed by atoms with Crippen LogP contribution >= 0.6 is 23.2 Å². The van der Waals surface area contributed by atoms with Crippen LogP contribution in [0, 0.1) is 5.41 Å². The predicted octanol–water partition coefficient (Wildman–Crippen LogP) is 2.40. The lowest BCUT2D eigenvalue weighted by atomic mass is 9.82. The van der Waals surface area contributed by atoms with Crippen molar-refractivity contribution in [1.82, 2.24) is 4.90 Å². The molecule has 0 aromatic heterocycles. The van der Waals surface area contributed by atoms with Gasteiger partial charge in [-0.2, -0.15) is 0 Å². The quantitative estimate of drug-likeness (QED) is 0.578. The standard InChI is InChI=1S/C11H17Cl2NO2/c1-11(2)5-9(15)14(10(16)6-11)7-8(13)3-4-12/h8H,3-7H2,1-2H3. The molecule has 0 radical (unpaired) electrons. The van der Waals surface area contributed by atoms with Gasteiger partial charge in [-0.25, -0.2) is 0 Å². The van der Waals surface area contributed by atoms with Crippen molar-refractivity contribution in [1.29, 1.82) is 0 Å². The van der Waals surface area contributed by atoms with Crippen molar-refractivity contribution in [3.8, 4) is 0 Å². The van der Waals surface area contributed by atoms with Crippen LogP contribution in [0.3, 0.4) is 0 Å². The maximum absolute atomic E-state index is 11.8. The Bertz CT molecular complexity index is 272. The molecule has 1 aliphatic rings. The monoisotopic (exact) mass is 265 g/mol. The molecule has 0 bridgehead atoms. The largest absolute Gasteiger partial charge is 0.281 e. The topological polar surface area (TPSA) is 37.4 Å². The zero-order valence-electron chi connectivity index (χ0n) is 9.63. The van der Waals surface area contributed by atoms with E-state index < -0.39 is 0 Å². The van der Waals surface area contributed by atoms with Crippen LogP contribution in [0.2, 0.25) is 0 Å². The number of alkyl halides is 2. The summed E-state index contributed by atoms with van der Waals surface area (Å²) in [7, 11) is 0. The third kappa shape index (κ3) is 3.63. The Balaban J connectivity index is 2.61. The van der Waals surface area contributed by atoms with Crippen LogP contribution in [-0.2, 0) is 9.59 Å². The summed E-state index contributed by atoms with van der Waals surface area (Å²) in [5, 5.41) is -0.244. The van der Waals surface area contributed by atoms with Gasteiger partial charge >= 0.3 is 0 Å². The minimum absolute atomic E-state index is 0.124. The first kappa shape index (κ1) is 13.8. The molecule has 0 N–H and O–H groups in total. The molecule has 1 fully saturated rings. The number of amides is 2. The molecule has 0 aliphatic carbocycles. The highest BCUT2D eigenvalue weighted by molar-refractivity contribution is 6.22. The smallest absolute Gasteiger partial charge is 0.229 e. The van der Waals surface area contributed by atoms with E-state index >= 15 is 0 Å². The third-order valence-corrected chi connectivity index (χ3v) is 3.24. The highest BCUT2D eigenvalue weighted by Gasteiger charge is 2.37. The van der Waals surface area contributed by atoms with Crippen molar-refractivity contribution in [3.63, 3.8) is 0 Å². The highest BCUT2D eigenvalue weighted by atomic mass is 35.5. The van der Waals surface area contributed by atoms with Crippen LogP contribution in [0.4, 0.5) is 0 Å². The lowest BCUT2D eigenvalue weighted by Crippen LogP contribution is -2.48. The Hall–Kier alpha value is -0.280. The minimum atomic E-state index is -0.244. The fourth-order valence-electron chi connectivity index (χ4n) is 1.82. The lowest BCUT2D eigenvalue weighted by molar-refractivity contribution is -0.152. The van der Waals surface area contributed by atoms with Crippen LogP contribution in [0.25, 0.3) is 0 Å². The maximum atomic E-state index is 11.8. The molecular formula is C11H17Cl2NO2. The molecule has 2 amide bonds. The first-order valence-corrected chi connectivity index (χ1v) is 6.36. The number of carbonyl (C=O) groups excluding carboxylic acids is 2. The summed E-state index contributed by atoms with van der Waals surface area (Å²) in [5.41, 5.74) is -0.223. The molecule has 16 heavy (non-hydrogen) atoms. The number of rotatable bonds is 4. The molecule has 0 aromatic carbocycles. The fourth-order valence-corrected chi connectivity index (χ4v) is 2.44. The number of hydrogen-bond acceptors (Lipinski definition) is 2. The number of nitrogens with zero attached hydrogens (tertiary/aromatic N) is 1. The van der Waals surface area contributed by atoms with Gasteiger partial charge in [0.25, 0.3) is 0 Å². The van der Waals surface area contributed by atoms with Crippen LogP contribution in [0.15, 0.2) is 0 Å². The van der Waals surface area contributed by atoms with Gasteiger partial charge in [-0.15, -0.1) is 23.2 Å². The van der Waals surface area contributed by atoms with Crippen molar-refractivity contribution in [2.45, 2.75) is 38.5 Å². The van der Waals surface area contributed by atoms with E-state index in [1.165, 1.54) is 4.90 Å². The normalized spacial score (nSPS) is 22.4. The first-order valence-electron chi connectivity index (χ1n) is 5.39. The fraction of sp³-hybridized carbons (Fsp3) is 0.818. The molecule has 5 heteroatoms. The minimum Gasteiger partial charge on any atom is -0.281 e. The summed E-state index contributed by atoms with van der Waals surface area (Å²) in [5.74, 6) is 0.193. The van der Waals surface area contributed by atoms with E-state index in [2.05, 4.69) is 0 Å². The Morgan fingerprint density at radius 2 is 1.81 bits per heavy atom. The van der Waals surface area contributed by atoms with Crippen molar-refractivity contribution in [2.75, 3.05) is 12.4 Å². The number of hydrogen-bond donors (Lipinski definition) is 0. The summed E-state index contributed by atoms with van der Waals surface area (Å²) in [6.45, 7) is 4.14. The molecule has 1 aliphatic heterocycles. The van der Waals surface area contributed by atoms with Gasteiger partial charge < -0.3 is 0 Å². The second kappa shape index (κ2) is 5.37. The van der Waals surface area contributed by atoms with Gasteiger partial charge in [0, 0.05) is 25.3 Å². The Kier molecular flexibility index (Phi) is 4.62. The average Bonchev–Trinajstić information content (AvgIpc) is 2.10. The van der Waals surface area contributed by atoms with Crippen molar-refractivity contribution >= 4 is 35.0 Å². The summed E-state index contributed by atoms with van der Waals surface area (Å²) < 4.78 is 0. The van der Waals surface area contributed by atoms with E-state index in [-0.39, 0.29) is 29.2 Å². The zero-order valence-corrected chi connectivity index (χ0v) is 11.1. The third-order valence-electron chi connectivity index (χ3n) is 2.66. The van der Waals surface area contributed by atoms with Gasteiger partial charge in [-0.1, -0.05) is 13.8 Å². The van der Waals surface area contributed by atoms with Crippen LogP contribution in [0.1, 0.15) is 33.1 Å². The first-order chi connectivity index (χ1) is 7.35. The second-order valence-corrected chi connectivity index (χ2v) is 5.99. The number of halogens is 2. The van der Waals surface area contributed by atoms with E-state index in [9.17, 15) is 9.59 Å². The van der Waals surface area contributed by atoms with E-state index in [0.717, 1.165) is 0 Å². The predicted molar refractivity (Wildman–Crippen MR) is 64.7 cm³/mol. The molecule has 92 valence electrons. The zero-order chi connectivity index (χ0) is 12.3. The highest BCUT2D eigenvalue weighted by Crippen LogP contribution is 2.31. The molecule has 0 saturated carbocycles. The molecule has 0 aromatic rings. The van der Waals surface area contributed by atoms with Gasteiger partial charge in [0.2, 0.25) is 11.8 Å². The number of imide groups is 1. The van der Waals surface area contributed by atoms with Gasteiger partial charge in [-0.05, 0) is 11.8 Å². The van der Waals surface area contributed by atoms with Crippen molar-refractivity contribution in [3.05, 3.63) is 0 Å². The van der Waals surface area contributed by atoms with E-state index in [4.69, 9.17) is 23.2 Å². The van der Waals surface area contributed by atoms with Gasteiger partial charge in [0.1, 0.15) is 0 Å². The van der Waals surface area contributed by atoms with E-state index in [0.29, 0.717) is 25.1 Å². The van der Waals surface area contributed by atoms with Gasteiger partial charge in [0.05, 0.1) is 5.38 Å². The summed E-state index contributed by atoms with van der Waals surface area (Å²) in [6.07, 6.45) is 1.41. The number of likely N-dealkylation sites (tertiary alicyclic amines) is 1. The summed E-state index contributed by atoms with van der Waals surface area (Å²) >= 11 is 11.5. The Morgan fingerprint density at radius 1 is 1.31 bits per heavy atom. The van der Waals surface area contributed by atoms with Crippen LogP contribution < -0.4 is 0 Å². The summed E-state index contributed by atoms with van der Waals surface area (Å²) in [6, 6.07) is 0. The molecule has 1 rings (SSSR count). The van der Waals surface area contributed by atoms with Crippen molar-refractivity contribution < 1.29 is 9.59 Å². The molecule has 1 unspecified atom stereocenters. The van der Waals surface area contributed by atoms with Crippen molar-refractivity contribution in [2.24, 2.45) is 5.41 Å². The van der Waals surface area contributed by atoms with Crippen LogP contribution in [-0.4, -0.2) is 34.5 Å². The molecule has 0 spiro atoms. The van der Waals surface area contributed by atoms with E-state index in [1.54, 1.807) is 0 Å².